The smallest absolute Gasteiger partial charge is 0.257 e. The number of phenols is 1. The molecule has 5 heteroatoms. The van der Waals surface area contributed by atoms with Crippen LogP contribution in [0.1, 0.15) is 24.2 Å². The van der Waals surface area contributed by atoms with Crippen LogP contribution < -0.4 is 0 Å². The third-order valence-electron chi connectivity index (χ3n) is 3.33. The molecule has 98 valence electrons. The second-order valence-corrected chi connectivity index (χ2v) is 6.40. The molecular formula is C13H16ClNO2S. The van der Waals surface area contributed by atoms with Crippen molar-refractivity contribution in [1.82, 2.24) is 4.90 Å². The molecule has 1 aliphatic rings. The van der Waals surface area contributed by atoms with E-state index in [-0.39, 0.29) is 23.3 Å². The summed E-state index contributed by atoms with van der Waals surface area (Å²) >= 11 is 7.75. The monoisotopic (exact) mass is 285 g/mol. The number of carbonyl (C=O) groups is 1. The zero-order valence-corrected chi connectivity index (χ0v) is 12.0. The Kier molecular flexibility index (Phi) is 4.07. The number of carbonyl (C=O) groups excluding carboxylic acids is 1. The number of benzene rings is 1. The van der Waals surface area contributed by atoms with E-state index in [1.54, 1.807) is 6.07 Å². The number of rotatable bonds is 1. The lowest BCUT2D eigenvalue weighted by molar-refractivity contribution is 0.0695. The van der Waals surface area contributed by atoms with Gasteiger partial charge >= 0.3 is 0 Å². The van der Waals surface area contributed by atoms with Gasteiger partial charge in [-0.3, -0.25) is 4.79 Å². The minimum Gasteiger partial charge on any atom is -0.507 e. The molecular weight excluding hydrogens is 270 g/mol. The Morgan fingerprint density at radius 1 is 1.50 bits per heavy atom. The number of halogens is 1. The highest BCUT2D eigenvalue weighted by Gasteiger charge is 2.30. The van der Waals surface area contributed by atoms with Crippen molar-refractivity contribution in [2.75, 3.05) is 12.3 Å². The molecule has 1 N–H and O–H groups in total. The molecule has 2 rings (SSSR count). The SMILES string of the molecule is CC1SCCN(C(=O)c2cc(Cl)ccc2O)C1C. The second kappa shape index (κ2) is 5.41. The van der Waals surface area contributed by atoms with E-state index in [9.17, 15) is 9.90 Å². The van der Waals surface area contributed by atoms with E-state index in [1.807, 2.05) is 23.6 Å². The van der Waals surface area contributed by atoms with Crippen LogP contribution in [0.4, 0.5) is 0 Å². The molecule has 1 heterocycles. The predicted octanol–water partition coefficient (Wildman–Crippen LogP) is 3.01. The zero-order chi connectivity index (χ0) is 13.3. The first-order valence-electron chi connectivity index (χ1n) is 5.92. The van der Waals surface area contributed by atoms with E-state index in [0.29, 0.717) is 16.8 Å². The molecule has 0 aromatic heterocycles. The van der Waals surface area contributed by atoms with Gasteiger partial charge in [0.15, 0.2) is 0 Å². The average molecular weight is 286 g/mol. The van der Waals surface area contributed by atoms with Gasteiger partial charge in [0.1, 0.15) is 5.75 Å². The first kappa shape index (κ1) is 13.6. The summed E-state index contributed by atoms with van der Waals surface area (Å²) in [5.74, 6) is 0.774. The molecule has 1 aromatic carbocycles. The third-order valence-corrected chi connectivity index (χ3v) is 4.91. The van der Waals surface area contributed by atoms with Crippen molar-refractivity contribution < 1.29 is 9.90 Å². The fraction of sp³-hybridized carbons (Fsp3) is 0.462. The van der Waals surface area contributed by atoms with Crippen LogP contribution in [0.3, 0.4) is 0 Å². The summed E-state index contributed by atoms with van der Waals surface area (Å²) in [6, 6.07) is 4.72. The highest BCUT2D eigenvalue weighted by molar-refractivity contribution is 8.00. The molecule has 2 unspecified atom stereocenters. The maximum atomic E-state index is 12.4. The Bertz CT molecular complexity index is 466. The van der Waals surface area contributed by atoms with Crippen molar-refractivity contribution in [1.29, 1.82) is 0 Å². The van der Waals surface area contributed by atoms with Gasteiger partial charge in [-0.25, -0.2) is 0 Å². The van der Waals surface area contributed by atoms with Crippen molar-refractivity contribution in [3.8, 4) is 5.75 Å². The first-order valence-corrected chi connectivity index (χ1v) is 7.34. The number of nitrogens with zero attached hydrogens (tertiary/aromatic N) is 1. The largest absolute Gasteiger partial charge is 0.507 e. The van der Waals surface area contributed by atoms with Crippen LogP contribution in [0.15, 0.2) is 18.2 Å². The van der Waals surface area contributed by atoms with Crippen LogP contribution in [-0.2, 0) is 0 Å². The van der Waals surface area contributed by atoms with Gasteiger partial charge in [-0.05, 0) is 25.1 Å². The average Bonchev–Trinajstić information content (AvgIpc) is 2.35. The summed E-state index contributed by atoms with van der Waals surface area (Å²) in [5.41, 5.74) is 0.286. The molecule has 0 saturated carbocycles. The van der Waals surface area contributed by atoms with Crippen molar-refractivity contribution in [2.45, 2.75) is 25.1 Å². The van der Waals surface area contributed by atoms with E-state index in [0.717, 1.165) is 5.75 Å². The minimum atomic E-state index is -0.144. The normalized spacial score (nSPS) is 24.1. The van der Waals surface area contributed by atoms with Crippen LogP contribution in [-0.4, -0.2) is 39.5 Å². The van der Waals surface area contributed by atoms with E-state index in [4.69, 9.17) is 11.6 Å². The molecule has 1 saturated heterocycles. The minimum absolute atomic E-state index is 0.0116. The van der Waals surface area contributed by atoms with Crippen LogP contribution >= 0.6 is 23.4 Å². The van der Waals surface area contributed by atoms with E-state index < -0.39 is 0 Å². The summed E-state index contributed by atoms with van der Waals surface area (Å²) in [7, 11) is 0. The number of thioether (sulfide) groups is 1. The molecule has 1 amide bonds. The number of aromatic hydroxyl groups is 1. The van der Waals surface area contributed by atoms with Gasteiger partial charge in [-0.1, -0.05) is 18.5 Å². The Balaban J connectivity index is 2.27. The number of hydrogen-bond acceptors (Lipinski definition) is 3. The number of amides is 1. The lowest BCUT2D eigenvalue weighted by Gasteiger charge is -2.37. The summed E-state index contributed by atoms with van der Waals surface area (Å²) in [6.07, 6.45) is 0. The maximum absolute atomic E-state index is 12.4. The van der Waals surface area contributed by atoms with Gasteiger partial charge in [-0.2, -0.15) is 11.8 Å². The van der Waals surface area contributed by atoms with Gasteiger partial charge in [0.25, 0.3) is 5.91 Å². The fourth-order valence-corrected chi connectivity index (χ4v) is 3.33. The molecule has 1 aromatic rings. The Hall–Kier alpha value is -0.870. The van der Waals surface area contributed by atoms with Crippen molar-refractivity contribution >= 4 is 29.3 Å². The molecule has 2 atom stereocenters. The van der Waals surface area contributed by atoms with Crippen LogP contribution in [0.5, 0.6) is 5.75 Å². The summed E-state index contributed by atoms with van der Waals surface area (Å²) in [5, 5.41) is 10.6. The molecule has 3 nitrogen and oxygen atoms in total. The summed E-state index contributed by atoms with van der Waals surface area (Å²) in [4.78, 5) is 14.2. The van der Waals surface area contributed by atoms with Crippen LogP contribution in [0, 0.1) is 0 Å². The highest BCUT2D eigenvalue weighted by atomic mass is 35.5. The van der Waals surface area contributed by atoms with Crippen molar-refractivity contribution in [2.24, 2.45) is 0 Å². The summed E-state index contributed by atoms with van der Waals surface area (Å²) < 4.78 is 0. The third kappa shape index (κ3) is 2.59. The van der Waals surface area contributed by atoms with Gasteiger partial charge in [0.2, 0.25) is 0 Å². The predicted molar refractivity (Wildman–Crippen MR) is 75.5 cm³/mol. The standard InChI is InChI=1S/C13H16ClNO2S/c1-8-9(2)18-6-5-15(8)13(17)11-7-10(14)3-4-12(11)16/h3-4,7-9,16H,5-6H2,1-2H3. The van der Waals surface area contributed by atoms with Crippen LogP contribution in [0.25, 0.3) is 0 Å². The number of phenolic OH excluding ortho intramolecular Hbond substituents is 1. The molecule has 0 aliphatic carbocycles. The highest BCUT2D eigenvalue weighted by Crippen LogP contribution is 2.28. The number of hydrogen-bond donors (Lipinski definition) is 1. The molecule has 0 bridgehead atoms. The summed E-state index contributed by atoms with van der Waals surface area (Å²) in [6.45, 7) is 4.86. The van der Waals surface area contributed by atoms with Crippen molar-refractivity contribution in [3.05, 3.63) is 28.8 Å². The van der Waals surface area contributed by atoms with Gasteiger partial charge in [0.05, 0.1) is 5.56 Å². The van der Waals surface area contributed by atoms with Gasteiger partial charge in [0, 0.05) is 28.6 Å². The quantitative estimate of drug-likeness (QED) is 0.862. The van der Waals surface area contributed by atoms with Crippen LogP contribution in [0.2, 0.25) is 5.02 Å². The lowest BCUT2D eigenvalue weighted by atomic mass is 10.1. The molecule has 0 spiro atoms. The zero-order valence-electron chi connectivity index (χ0n) is 10.4. The van der Waals surface area contributed by atoms with E-state index in [2.05, 4.69) is 6.92 Å². The molecule has 1 aliphatic heterocycles. The Morgan fingerprint density at radius 2 is 2.22 bits per heavy atom. The lowest BCUT2D eigenvalue weighted by Crippen LogP contribution is -2.47. The van der Waals surface area contributed by atoms with Crippen molar-refractivity contribution in [3.63, 3.8) is 0 Å². The molecule has 1 fully saturated rings. The van der Waals surface area contributed by atoms with Gasteiger partial charge in [-0.15, -0.1) is 0 Å². The Morgan fingerprint density at radius 3 is 2.94 bits per heavy atom. The maximum Gasteiger partial charge on any atom is 0.257 e. The molecule has 0 radical (unpaired) electrons. The second-order valence-electron chi connectivity index (χ2n) is 4.48. The fourth-order valence-electron chi connectivity index (χ4n) is 2.05. The topological polar surface area (TPSA) is 40.5 Å². The molecule has 18 heavy (non-hydrogen) atoms. The first-order chi connectivity index (χ1) is 8.50. The van der Waals surface area contributed by atoms with E-state index in [1.165, 1.54) is 12.1 Å². The van der Waals surface area contributed by atoms with E-state index >= 15 is 0 Å². The van der Waals surface area contributed by atoms with Gasteiger partial charge < -0.3 is 10.0 Å². The Labute approximate surface area is 116 Å².